The molecular weight excluding hydrogens is 334 g/mol. The van der Waals surface area contributed by atoms with Crippen molar-refractivity contribution in [1.29, 1.82) is 0 Å². The first-order valence-electron chi connectivity index (χ1n) is 8.86. The van der Waals surface area contributed by atoms with Crippen molar-refractivity contribution in [1.82, 2.24) is 9.80 Å². The zero-order valence-corrected chi connectivity index (χ0v) is 15.7. The molecule has 1 N–H and O–H groups in total. The van der Waals surface area contributed by atoms with Gasteiger partial charge in [-0.15, -0.1) is 0 Å². The maximum absolute atomic E-state index is 12.9. The Labute approximate surface area is 153 Å². The second-order valence-electron chi connectivity index (χ2n) is 7.94. The highest BCUT2D eigenvalue weighted by Gasteiger charge is 2.38. The Kier molecular flexibility index (Phi) is 4.42. The second kappa shape index (κ2) is 6.30. The van der Waals surface area contributed by atoms with E-state index < -0.39 is 11.6 Å². The van der Waals surface area contributed by atoms with Gasteiger partial charge in [-0.2, -0.15) is 0 Å². The van der Waals surface area contributed by atoms with E-state index in [1.165, 1.54) is 9.80 Å². The van der Waals surface area contributed by atoms with Crippen molar-refractivity contribution in [3.63, 3.8) is 0 Å². The SMILES string of the molecule is CN1Cc2c(C(=O)N3CCCC3)ccc(N(C(=O)O)C(C)(C)C)c2C1=O. The number of amides is 3. The minimum Gasteiger partial charge on any atom is -0.465 e. The smallest absolute Gasteiger partial charge is 0.412 e. The lowest BCUT2D eigenvalue weighted by molar-refractivity contribution is 0.0785. The van der Waals surface area contributed by atoms with Crippen molar-refractivity contribution < 1.29 is 19.5 Å². The maximum Gasteiger partial charge on any atom is 0.412 e. The first-order valence-corrected chi connectivity index (χ1v) is 8.86. The van der Waals surface area contributed by atoms with E-state index in [0.29, 0.717) is 28.9 Å². The van der Waals surface area contributed by atoms with Gasteiger partial charge in [0.15, 0.2) is 0 Å². The van der Waals surface area contributed by atoms with Crippen LogP contribution in [0.1, 0.15) is 59.9 Å². The molecule has 0 unspecified atom stereocenters. The summed E-state index contributed by atoms with van der Waals surface area (Å²) in [5.74, 6) is -0.326. The molecule has 2 aliphatic heterocycles. The molecule has 1 aromatic carbocycles. The summed E-state index contributed by atoms with van der Waals surface area (Å²) in [5.41, 5.74) is 1.08. The number of hydrogen-bond acceptors (Lipinski definition) is 3. The summed E-state index contributed by atoms with van der Waals surface area (Å²) in [5, 5.41) is 9.72. The zero-order valence-electron chi connectivity index (χ0n) is 15.7. The van der Waals surface area contributed by atoms with E-state index in [2.05, 4.69) is 0 Å². The molecule has 0 spiro atoms. The third-order valence-corrected chi connectivity index (χ3v) is 4.97. The van der Waals surface area contributed by atoms with Crippen molar-refractivity contribution in [3.8, 4) is 0 Å². The Morgan fingerprint density at radius 1 is 1.15 bits per heavy atom. The van der Waals surface area contributed by atoms with Crippen LogP contribution in [0.25, 0.3) is 0 Å². The molecule has 2 aliphatic rings. The van der Waals surface area contributed by atoms with Gasteiger partial charge in [-0.3, -0.25) is 14.5 Å². The molecule has 7 nitrogen and oxygen atoms in total. The molecule has 1 saturated heterocycles. The number of fused-ring (bicyclic) bond motifs is 1. The van der Waals surface area contributed by atoms with Gasteiger partial charge >= 0.3 is 6.09 Å². The predicted molar refractivity (Wildman–Crippen MR) is 97.6 cm³/mol. The van der Waals surface area contributed by atoms with Crippen LogP contribution in [0, 0.1) is 0 Å². The van der Waals surface area contributed by atoms with E-state index >= 15 is 0 Å². The number of rotatable bonds is 2. The van der Waals surface area contributed by atoms with Crippen LogP contribution < -0.4 is 4.90 Å². The zero-order chi connectivity index (χ0) is 19.2. The number of likely N-dealkylation sites (tertiary alicyclic amines) is 1. The highest BCUT2D eigenvalue weighted by molar-refractivity contribution is 6.10. The van der Waals surface area contributed by atoms with E-state index in [1.807, 2.05) is 0 Å². The van der Waals surface area contributed by atoms with Gasteiger partial charge in [-0.1, -0.05) is 0 Å². The summed E-state index contributed by atoms with van der Waals surface area (Å²) in [4.78, 5) is 42.1. The highest BCUT2D eigenvalue weighted by atomic mass is 16.4. The van der Waals surface area contributed by atoms with Crippen LogP contribution in [0.2, 0.25) is 0 Å². The minimum absolute atomic E-state index is 0.0777. The summed E-state index contributed by atoms with van der Waals surface area (Å²) < 4.78 is 0. The van der Waals surface area contributed by atoms with E-state index in [9.17, 15) is 19.5 Å². The molecule has 140 valence electrons. The average Bonchev–Trinajstić information content (AvgIpc) is 3.15. The van der Waals surface area contributed by atoms with Gasteiger partial charge in [-0.25, -0.2) is 4.79 Å². The molecule has 0 radical (unpaired) electrons. The Morgan fingerprint density at radius 2 is 1.77 bits per heavy atom. The molecule has 1 aromatic rings. The number of nitrogens with zero attached hydrogens (tertiary/aromatic N) is 3. The number of carbonyl (C=O) groups excluding carboxylic acids is 2. The molecule has 26 heavy (non-hydrogen) atoms. The number of carboxylic acid groups (broad SMARTS) is 1. The van der Waals surface area contributed by atoms with E-state index in [0.717, 1.165) is 25.9 Å². The summed E-state index contributed by atoms with van der Waals surface area (Å²) in [6.07, 6.45) is 0.851. The van der Waals surface area contributed by atoms with Crippen LogP contribution in [0.3, 0.4) is 0 Å². The largest absolute Gasteiger partial charge is 0.465 e. The Bertz CT molecular complexity index is 776. The predicted octanol–water partition coefficient (Wildman–Crippen LogP) is 2.79. The van der Waals surface area contributed by atoms with E-state index in [-0.39, 0.29) is 11.8 Å². The third kappa shape index (κ3) is 2.91. The summed E-state index contributed by atoms with van der Waals surface area (Å²) in [6.45, 7) is 7.10. The van der Waals surface area contributed by atoms with Crippen LogP contribution >= 0.6 is 0 Å². The summed E-state index contributed by atoms with van der Waals surface area (Å²) >= 11 is 0. The Morgan fingerprint density at radius 3 is 2.31 bits per heavy atom. The first kappa shape index (κ1) is 18.2. The van der Waals surface area contributed by atoms with Gasteiger partial charge in [0.2, 0.25) is 0 Å². The third-order valence-electron chi connectivity index (χ3n) is 4.97. The van der Waals surface area contributed by atoms with Crippen LogP contribution in [0.5, 0.6) is 0 Å². The highest BCUT2D eigenvalue weighted by Crippen LogP contribution is 2.37. The molecule has 0 atom stereocenters. The fourth-order valence-corrected chi connectivity index (χ4v) is 3.77. The van der Waals surface area contributed by atoms with Gasteiger partial charge < -0.3 is 14.9 Å². The van der Waals surface area contributed by atoms with Crippen molar-refractivity contribution in [2.24, 2.45) is 0 Å². The fourth-order valence-electron chi connectivity index (χ4n) is 3.77. The van der Waals surface area contributed by atoms with Crippen LogP contribution in [0.4, 0.5) is 10.5 Å². The molecule has 0 bridgehead atoms. The summed E-state index contributed by atoms with van der Waals surface area (Å²) in [6, 6.07) is 3.27. The second-order valence-corrected chi connectivity index (χ2v) is 7.94. The molecule has 3 rings (SSSR count). The molecule has 0 aromatic heterocycles. The van der Waals surface area contributed by atoms with Gasteiger partial charge in [0, 0.05) is 37.8 Å². The van der Waals surface area contributed by atoms with Crippen molar-refractivity contribution in [2.75, 3.05) is 25.0 Å². The average molecular weight is 359 g/mol. The lowest BCUT2D eigenvalue weighted by atomic mass is 9.97. The van der Waals surface area contributed by atoms with E-state index in [4.69, 9.17) is 0 Å². The number of anilines is 1. The van der Waals surface area contributed by atoms with Gasteiger partial charge in [0.25, 0.3) is 11.8 Å². The fraction of sp³-hybridized carbons (Fsp3) is 0.526. The number of carbonyl (C=O) groups is 3. The summed E-state index contributed by atoms with van der Waals surface area (Å²) in [7, 11) is 1.67. The van der Waals surface area contributed by atoms with Crippen LogP contribution in [0.15, 0.2) is 12.1 Å². The molecule has 1 fully saturated rings. The van der Waals surface area contributed by atoms with Gasteiger partial charge in [0.1, 0.15) is 0 Å². The molecule has 0 saturated carbocycles. The van der Waals surface area contributed by atoms with Crippen LogP contribution in [-0.2, 0) is 6.54 Å². The van der Waals surface area contributed by atoms with Crippen molar-refractivity contribution in [2.45, 2.75) is 45.7 Å². The lowest BCUT2D eigenvalue weighted by Gasteiger charge is -2.34. The standard InChI is InChI=1S/C19H25N3O4/c1-19(2,3)22(18(25)26)14-8-7-12(16(23)21-9-5-6-10-21)13-11-20(4)17(24)15(13)14/h7-8H,5-6,9-11H2,1-4H3,(H,25,26). The number of benzene rings is 1. The maximum atomic E-state index is 12.9. The Balaban J connectivity index is 2.15. The molecule has 2 heterocycles. The van der Waals surface area contributed by atoms with Crippen molar-refractivity contribution >= 4 is 23.6 Å². The molecular formula is C19H25N3O4. The molecule has 0 aliphatic carbocycles. The van der Waals surface area contributed by atoms with Gasteiger partial charge in [0.05, 0.1) is 11.3 Å². The van der Waals surface area contributed by atoms with E-state index in [1.54, 1.807) is 44.9 Å². The van der Waals surface area contributed by atoms with Crippen LogP contribution in [-0.4, -0.2) is 58.5 Å². The van der Waals surface area contributed by atoms with Crippen molar-refractivity contribution in [3.05, 3.63) is 28.8 Å². The minimum atomic E-state index is -1.12. The molecule has 3 amide bonds. The topological polar surface area (TPSA) is 81.2 Å². The number of hydrogen-bond donors (Lipinski definition) is 1. The quantitative estimate of drug-likeness (QED) is 0.880. The molecule has 7 heteroatoms. The first-order chi connectivity index (χ1) is 12.1. The monoisotopic (exact) mass is 359 g/mol. The normalized spacial score (nSPS) is 16.8. The van der Waals surface area contributed by atoms with Gasteiger partial charge in [-0.05, 0) is 51.3 Å². The Hall–Kier alpha value is -2.57. The lowest BCUT2D eigenvalue weighted by Crippen LogP contribution is -2.46.